The second-order valence-electron chi connectivity index (χ2n) is 20.2. The number of esters is 1. The van der Waals surface area contributed by atoms with Gasteiger partial charge in [0.05, 0.1) is 25.4 Å². The molecule has 1 amide bonds. The minimum atomic E-state index is -1.62. The summed E-state index contributed by atoms with van der Waals surface area (Å²) in [6.45, 7) is 5.60. The number of aliphatic hydroxyl groups is 5. The van der Waals surface area contributed by atoms with Crippen molar-refractivity contribution in [3.8, 4) is 0 Å². The van der Waals surface area contributed by atoms with Gasteiger partial charge in [-0.1, -0.05) is 266 Å². The van der Waals surface area contributed by atoms with Crippen LogP contribution in [0.1, 0.15) is 233 Å². The van der Waals surface area contributed by atoms with Gasteiger partial charge in [-0.25, -0.2) is 0 Å². The number of allylic oxidation sites excluding steroid dienone is 13. The van der Waals surface area contributed by atoms with Gasteiger partial charge in [0.15, 0.2) is 12.4 Å². The number of amides is 1. The third kappa shape index (κ3) is 38.1. The summed E-state index contributed by atoms with van der Waals surface area (Å²) < 4.78 is 17.6. The van der Waals surface area contributed by atoms with Crippen molar-refractivity contribution in [2.24, 2.45) is 0 Å². The van der Waals surface area contributed by atoms with Gasteiger partial charge >= 0.3 is 5.97 Å². The maximum absolute atomic E-state index is 13.4. The molecule has 0 radical (unpaired) electrons. The Labute approximate surface area is 444 Å². The van der Waals surface area contributed by atoms with E-state index in [0.29, 0.717) is 12.8 Å². The standard InChI is InChI=1S/C62H107NO10/c1-4-7-10-13-16-19-22-24-26-28-30-32-35-38-41-44-47-50-57(67)73-60-59(69)58(68)56(51-64)72-62(60)71-52-53(54(65)48-45-42-39-36-33-21-18-15-12-9-6-3)63-61(70)55(66)49-46-43-40-37-34-31-29-27-25-23-20-17-14-11-8-5-2/h8,11,14,17,20,23,25,27,29,31,34,37,45,48,53-56,58-60,62,64-66,68-69H,4-7,9-10,12-13,15-16,18-19,21-22,24,26,28,30,32-33,35-36,38-44,46-47,49-52H2,1-3H3,(H,63,70)/b11-8-,17-14+,23-20+,27-25-,31-29+,37-34+,48-45+. The zero-order valence-electron chi connectivity index (χ0n) is 46.2. The normalized spacial score (nSPS) is 20.0. The molecule has 0 spiro atoms. The van der Waals surface area contributed by atoms with E-state index in [4.69, 9.17) is 14.2 Å². The molecule has 6 N–H and O–H groups in total. The molecule has 11 nitrogen and oxygen atoms in total. The first-order valence-electron chi connectivity index (χ1n) is 29.4. The summed E-state index contributed by atoms with van der Waals surface area (Å²) in [4.78, 5) is 26.5. The summed E-state index contributed by atoms with van der Waals surface area (Å²) in [7, 11) is 0. The largest absolute Gasteiger partial charge is 0.454 e. The Morgan fingerprint density at radius 3 is 1.48 bits per heavy atom. The molecule has 8 atom stereocenters. The highest BCUT2D eigenvalue weighted by Crippen LogP contribution is 2.26. The first-order valence-corrected chi connectivity index (χ1v) is 29.4. The quantitative estimate of drug-likeness (QED) is 0.0149. The van der Waals surface area contributed by atoms with E-state index in [2.05, 4.69) is 32.2 Å². The molecule has 0 aromatic rings. The first kappa shape index (κ1) is 67.9. The number of unbranched alkanes of at least 4 members (excludes halogenated alkanes) is 27. The highest BCUT2D eigenvalue weighted by Gasteiger charge is 2.47. The van der Waals surface area contributed by atoms with Gasteiger partial charge in [0.25, 0.3) is 0 Å². The topological polar surface area (TPSA) is 175 Å². The van der Waals surface area contributed by atoms with E-state index in [0.717, 1.165) is 64.2 Å². The van der Waals surface area contributed by atoms with Crippen molar-refractivity contribution in [3.05, 3.63) is 85.1 Å². The molecular formula is C62H107NO10. The SMILES string of the molecule is CC\C=C/C=C/C=C/C=C\C=C\C=C\CCCCC(O)C(=O)NC(COC1OC(CO)C(O)C(O)C1OC(=O)CCCCCCCCCCCCCCCCCCC)C(O)/C=C/CCCCCCCCCCC. The number of ether oxygens (including phenoxy) is 3. The van der Waals surface area contributed by atoms with Gasteiger partial charge in [-0.05, 0) is 44.9 Å². The summed E-state index contributed by atoms with van der Waals surface area (Å²) in [6, 6.07) is -1.05. The molecule has 1 aliphatic heterocycles. The van der Waals surface area contributed by atoms with Gasteiger partial charge in [-0.2, -0.15) is 0 Å². The molecule has 0 saturated carbocycles. The Bertz CT molecular complexity index is 1510. The fourth-order valence-electron chi connectivity index (χ4n) is 8.80. The Kier molecular flexibility index (Phi) is 46.2. The van der Waals surface area contributed by atoms with Crippen LogP contribution in [-0.4, -0.2) is 99.6 Å². The fourth-order valence-corrected chi connectivity index (χ4v) is 8.80. The average molecular weight is 1030 g/mol. The molecule has 0 aliphatic carbocycles. The zero-order chi connectivity index (χ0) is 53.3. The van der Waals surface area contributed by atoms with E-state index in [1.54, 1.807) is 6.08 Å². The van der Waals surface area contributed by atoms with E-state index in [1.807, 2.05) is 72.9 Å². The lowest BCUT2D eigenvalue weighted by atomic mass is 9.99. The molecule has 1 rings (SSSR count). The van der Waals surface area contributed by atoms with Gasteiger partial charge in [0.2, 0.25) is 5.91 Å². The Balaban J connectivity index is 2.74. The van der Waals surface area contributed by atoms with Gasteiger partial charge in [0.1, 0.15) is 24.4 Å². The van der Waals surface area contributed by atoms with Crippen LogP contribution in [-0.2, 0) is 23.8 Å². The van der Waals surface area contributed by atoms with Gasteiger partial charge < -0.3 is 45.1 Å². The molecule has 0 aromatic heterocycles. The van der Waals surface area contributed by atoms with Gasteiger partial charge in [-0.15, -0.1) is 0 Å². The molecule has 1 fully saturated rings. The number of carbonyl (C=O) groups is 2. The second-order valence-corrected chi connectivity index (χ2v) is 20.2. The molecular weight excluding hydrogens is 919 g/mol. The molecule has 1 saturated heterocycles. The summed E-state index contributed by atoms with van der Waals surface area (Å²) >= 11 is 0. The van der Waals surface area contributed by atoms with Crippen molar-refractivity contribution in [3.63, 3.8) is 0 Å². The van der Waals surface area contributed by atoms with Crippen molar-refractivity contribution < 1.29 is 49.3 Å². The Morgan fingerprint density at radius 1 is 0.548 bits per heavy atom. The Morgan fingerprint density at radius 2 is 0.986 bits per heavy atom. The number of carbonyl (C=O) groups excluding carboxylic acids is 2. The highest BCUT2D eigenvalue weighted by atomic mass is 16.7. The lowest BCUT2D eigenvalue weighted by Gasteiger charge is -2.41. The predicted molar refractivity (Wildman–Crippen MR) is 301 cm³/mol. The van der Waals surface area contributed by atoms with Crippen LogP contribution < -0.4 is 5.32 Å². The van der Waals surface area contributed by atoms with Crippen LogP contribution in [0.15, 0.2) is 85.1 Å². The fraction of sp³-hybridized carbons (Fsp3) is 0.742. The van der Waals surface area contributed by atoms with E-state index in [-0.39, 0.29) is 19.4 Å². The monoisotopic (exact) mass is 1030 g/mol. The highest BCUT2D eigenvalue weighted by molar-refractivity contribution is 5.80. The zero-order valence-corrected chi connectivity index (χ0v) is 46.2. The van der Waals surface area contributed by atoms with Crippen LogP contribution in [0.25, 0.3) is 0 Å². The number of hydrogen-bond donors (Lipinski definition) is 6. The predicted octanol–water partition coefficient (Wildman–Crippen LogP) is 13.4. The molecule has 1 aliphatic rings. The lowest BCUT2D eigenvalue weighted by molar-refractivity contribution is -0.305. The Hall–Kier alpha value is -3.16. The number of rotatable bonds is 48. The summed E-state index contributed by atoms with van der Waals surface area (Å²) in [5.41, 5.74) is 0. The number of hydrogen-bond acceptors (Lipinski definition) is 10. The molecule has 420 valence electrons. The van der Waals surface area contributed by atoms with Crippen LogP contribution in [0.4, 0.5) is 0 Å². The number of aliphatic hydroxyl groups excluding tert-OH is 5. The molecule has 73 heavy (non-hydrogen) atoms. The average Bonchev–Trinajstić information content (AvgIpc) is 3.39. The summed E-state index contributed by atoms with van der Waals surface area (Å²) in [5, 5.41) is 56.8. The van der Waals surface area contributed by atoms with Crippen molar-refractivity contribution in [1.29, 1.82) is 0 Å². The van der Waals surface area contributed by atoms with Crippen LogP contribution in [0.2, 0.25) is 0 Å². The first-order chi connectivity index (χ1) is 35.7. The van der Waals surface area contributed by atoms with Gasteiger partial charge in [0, 0.05) is 6.42 Å². The summed E-state index contributed by atoms with van der Waals surface area (Å²) in [5.74, 6) is -1.24. The van der Waals surface area contributed by atoms with Crippen LogP contribution in [0, 0.1) is 0 Å². The van der Waals surface area contributed by atoms with Crippen molar-refractivity contribution in [1.82, 2.24) is 5.32 Å². The number of nitrogens with one attached hydrogen (secondary N) is 1. The third-order valence-corrected chi connectivity index (χ3v) is 13.5. The third-order valence-electron chi connectivity index (χ3n) is 13.5. The van der Waals surface area contributed by atoms with Crippen LogP contribution >= 0.6 is 0 Å². The summed E-state index contributed by atoms with van der Waals surface area (Å²) in [6.07, 6.45) is 53.4. The molecule has 8 unspecified atom stereocenters. The van der Waals surface area contributed by atoms with Crippen LogP contribution in [0.5, 0.6) is 0 Å². The van der Waals surface area contributed by atoms with Gasteiger partial charge in [-0.3, -0.25) is 9.59 Å². The maximum atomic E-state index is 13.4. The van der Waals surface area contributed by atoms with Crippen molar-refractivity contribution in [2.45, 2.75) is 282 Å². The van der Waals surface area contributed by atoms with Crippen LogP contribution in [0.3, 0.4) is 0 Å². The van der Waals surface area contributed by atoms with E-state index >= 15 is 0 Å². The van der Waals surface area contributed by atoms with Crippen molar-refractivity contribution in [2.75, 3.05) is 13.2 Å². The molecule has 0 aromatic carbocycles. The maximum Gasteiger partial charge on any atom is 0.306 e. The van der Waals surface area contributed by atoms with Crippen molar-refractivity contribution >= 4 is 11.9 Å². The minimum Gasteiger partial charge on any atom is -0.454 e. The smallest absolute Gasteiger partial charge is 0.306 e. The molecule has 1 heterocycles. The van der Waals surface area contributed by atoms with E-state index in [1.165, 1.54) is 122 Å². The molecule has 0 bridgehead atoms. The second kappa shape index (κ2) is 49.7. The van der Waals surface area contributed by atoms with E-state index in [9.17, 15) is 35.1 Å². The molecule has 11 heteroatoms. The van der Waals surface area contributed by atoms with E-state index < -0.39 is 67.4 Å². The lowest BCUT2D eigenvalue weighted by Crippen LogP contribution is -2.61. The minimum absolute atomic E-state index is 0.117.